The van der Waals surface area contributed by atoms with Gasteiger partial charge in [0.25, 0.3) is 0 Å². The quantitative estimate of drug-likeness (QED) is 0.280. The Balaban J connectivity index is 1.56. The molecular formula is C32H34O8. The Morgan fingerprint density at radius 2 is 1.05 bits per heavy atom. The van der Waals surface area contributed by atoms with Gasteiger partial charge in [-0.1, -0.05) is 60.0 Å². The average Bonchev–Trinajstić information content (AvgIpc) is 2.95. The first-order valence-corrected chi connectivity index (χ1v) is 13.1. The predicted molar refractivity (Wildman–Crippen MR) is 147 cm³/mol. The van der Waals surface area contributed by atoms with Crippen LogP contribution in [0.1, 0.15) is 54.7 Å². The molecule has 5 atom stereocenters. The first kappa shape index (κ1) is 29.0. The standard InChI is InChI=1S/C32H34O8/c1-19-6-12-23(13-7-19)29(33)37-18-26-22(4)27(39-30(34)24-14-8-20(2)9-15-24)28(32(36-5)38-26)40-31(35)25-16-10-21(3)11-17-25/h6-17,22,26-28,32H,18H2,1-5H3/t22-,26?,27?,28+,32+/m0/s1. The Morgan fingerprint density at radius 3 is 1.48 bits per heavy atom. The van der Waals surface area contributed by atoms with Gasteiger partial charge >= 0.3 is 17.9 Å². The van der Waals surface area contributed by atoms with Gasteiger partial charge in [0.2, 0.25) is 0 Å². The summed E-state index contributed by atoms with van der Waals surface area (Å²) in [6.07, 6.45) is -3.81. The molecular weight excluding hydrogens is 512 g/mol. The molecule has 0 amide bonds. The van der Waals surface area contributed by atoms with E-state index in [0.717, 1.165) is 16.7 Å². The van der Waals surface area contributed by atoms with Gasteiger partial charge in [0.15, 0.2) is 12.4 Å². The van der Waals surface area contributed by atoms with Crippen molar-refractivity contribution in [2.45, 2.75) is 52.3 Å². The maximum absolute atomic E-state index is 13.2. The summed E-state index contributed by atoms with van der Waals surface area (Å²) < 4.78 is 29.0. The Morgan fingerprint density at radius 1 is 0.650 bits per heavy atom. The zero-order chi connectivity index (χ0) is 28.8. The van der Waals surface area contributed by atoms with Crippen molar-refractivity contribution in [3.05, 3.63) is 106 Å². The van der Waals surface area contributed by atoms with Crippen molar-refractivity contribution in [3.8, 4) is 0 Å². The SMILES string of the molecule is CO[C@@H]1OC(COC(=O)c2ccc(C)cc2)[C@H](C)C(OC(=O)c2ccc(C)cc2)[C@H]1OC(=O)c1ccc(C)cc1. The maximum Gasteiger partial charge on any atom is 0.338 e. The summed E-state index contributed by atoms with van der Waals surface area (Å²) in [6.45, 7) is 7.43. The van der Waals surface area contributed by atoms with E-state index in [1.807, 2.05) is 45.0 Å². The van der Waals surface area contributed by atoms with Gasteiger partial charge in [-0.25, -0.2) is 14.4 Å². The molecule has 0 aliphatic carbocycles. The summed E-state index contributed by atoms with van der Waals surface area (Å²) >= 11 is 0. The molecule has 3 aromatic carbocycles. The fraction of sp³-hybridized carbons (Fsp3) is 0.344. The molecule has 1 heterocycles. The lowest BCUT2D eigenvalue weighted by molar-refractivity contribution is -0.278. The van der Waals surface area contributed by atoms with Crippen LogP contribution in [-0.4, -0.2) is 56.2 Å². The lowest BCUT2D eigenvalue weighted by Crippen LogP contribution is -2.58. The van der Waals surface area contributed by atoms with Gasteiger partial charge in [-0.2, -0.15) is 0 Å². The Labute approximate surface area is 234 Å². The fourth-order valence-corrected chi connectivity index (χ4v) is 4.41. The van der Waals surface area contributed by atoms with E-state index in [-0.39, 0.29) is 6.61 Å². The average molecular weight is 547 g/mol. The van der Waals surface area contributed by atoms with Crippen LogP contribution in [0, 0.1) is 26.7 Å². The first-order chi connectivity index (χ1) is 19.2. The highest BCUT2D eigenvalue weighted by Crippen LogP contribution is 2.32. The van der Waals surface area contributed by atoms with Crippen molar-refractivity contribution in [1.82, 2.24) is 0 Å². The Hall–Kier alpha value is -4.01. The van der Waals surface area contributed by atoms with E-state index in [1.54, 1.807) is 55.5 Å². The second-order valence-electron chi connectivity index (χ2n) is 10.1. The molecule has 1 aliphatic heterocycles. The van der Waals surface area contributed by atoms with Crippen LogP contribution >= 0.6 is 0 Å². The van der Waals surface area contributed by atoms with Crippen molar-refractivity contribution in [1.29, 1.82) is 0 Å². The van der Waals surface area contributed by atoms with Crippen LogP contribution in [0.25, 0.3) is 0 Å². The monoisotopic (exact) mass is 546 g/mol. The number of esters is 3. The van der Waals surface area contributed by atoms with Gasteiger partial charge in [0, 0.05) is 13.0 Å². The third kappa shape index (κ3) is 6.94. The van der Waals surface area contributed by atoms with E-state index in [0.29, 0.717) is 16.7 Å². The van der Waals surface area contributed by atoms with E-state index in [4.69, 9.17) is 23.7 Å². The van der Waals surface area contributed by atoms with Crippen LogP contribution in [0.4, 0.5) is 0 Å². The maximum atomic E-state index is 13.2. The van der Waals surface area contributed by atoms with Gasteiger partial charge in [0.1, 0.15) is 18.8 Å². The van der Waals surface area contributed by atoms with Crippen molar-refractivity contribution in [2.24, 2.45) is 5.92 Å². The normalized spacial score (nSPS) is 22.3. The Bertz CT molecular complexity index is 1310. The number of carbonyl (C=O) groups excluding carboxylic acids is 3. The third-order valence-corrected chi connectivity index (χ3v) is 6.96. The number of methoxy groups -OCH3 is 1. The number of aryl methyl sites for hydroxylation is 3. The topological polar surface area (TPSA) is 97.4 Å². The van der Waals surface area contributed by atoms with Crippen molar-refractivity contribution in [2.75, 3.05) is 13.7 Å². The number of carbonyl (C=O) groups is 3. The highest BCUT2D eigenvalue weighted by atomic mass is 16.7. The largest absolute Gasteiger partial charge is 0.459 e. The second-order valence-corrected chi connectivity index (χ2v) is 10.1. The highest BCUT2D eigenvalue weighted by Gasteiger charge is 2.49. The van der Waals surface area contributed by atoms with Gasteiger partial charge in [-0.3, -0.25) is 0 Å². The van der Waals surface area contributed by atoms with Gasteiger partial charge < -0.3 is 23.7 Å². The predicted octanol–water partition coefficient (Wildman–Crippen LogP) is 5.23. The lowest BCUT2D eigenvalue weighted by atomic mass is 9.90. The van der Waals surface area contributed by atoms with Crippen LogP contribution in [0.3, 0.4) is 0 Å². The fourth-order valence-electron chi connectivity index (χ4n) is 4.41. The minimum atomic E-state index is -1.08. The molecule has 1 fully saturated rings. The van der Waals surface area contributed by atoms with E-state index in [2.05, 4.69) is 0 Å². The summed E-state index contributed by atoms with van der Waals surface area (Å²) in [5.74, 6) is -2.22. The van der Waals surface area contributed by atoms with E-state index >= 15 is 0 Å². The summed E-state index contributed by atoms with van der Waals surface area (Å²) in [6, 6.07) is 20.9. The van der Waals surface area contributed by atoms with E-state index in [1.165, 1.54) is 7.11 Å². The molecule has 0 bridgehead atoms. The molecule has 8 nitrogen and oxygen atoms in total. The van der Waals surface area contributed by atoms with Crippen LogP contribution in [0.5, 0.6) is 0 Å². The Kier molecular flexibility index (Phi) is 9.34. The van der Waals surface area contributed by atoms with Crippen LogP contribution < -0.4 is 0 Å². The molecule has 1 saturated heterocycles. The summed E-state index contributed by atoms with van der Waals surface area (Å²) in [4.78, 5) is 38.9. The number of benzene rings is 3. The van der Waals surface area contributed by atoms with Gasteiger partial charge in [0.05, 0.1) is 16.7 Å². The number of ether oxygens (including phenoxy) is 5. The molecule has 0 aromatic heterocycles. The molecule has 1 aliphatic rings. The van der Waals surface area contributed by atoms with Crippen LogP contribution in [0.2, 0.25) is 0 Å². The molecule has 2 unspecified atom stereocenters. The number of hydrogen-bond acceptors (Lipinski definition) is 8. The zero-order valence-electron chi connectivity index (χ0n) is 23.3. The molecule has 0 spiro atoms. The van der Waals surface area contributed by atoms with E-state index in [9.17, 15) is 14.4 Å². The minimum absolute atomic E-state index is 0.120. The van der Waals surface area contributed by atoms with Gasteiger partial charge in [-0.05, 0) is 57.2 Å². The van der Waals surface area contributed by atoms with Crippen molar-refractivity contribution >= 4 is 17.9 Å². The van der Waals surface area contributed by atoms with Gasteiger partial charge in [-0.15, -0.1) is 0 Å². The molecule has 40 heavy (non-hydrogen) atoms. The van der Waals surface area contributed by atoms with Crippen LogP contribution in [0.15, 0.2) is 72.8 Å². The van der Waals surface area contributed by atoms with E-state index < -0.39 is 48.4 Å². The van der Waals surface area contributed by atoms with Crippen molar-refractivity contribution < 1.29 is 38.1 Å². The molecule has 210 valence electrons. The molecule has 0 saturated carbocycles. The summed E-state index contributed by atoms with van der Waals surface area (Å²) in [5.41, 5.74) is 4.11. The third-order valence-electron chi connectivity index (χ3n) is 6.96. The lowest BCUT2D eigenvalue weighted by Gasteiger charge is -2.43. The summed E-state index contributed by atoms with van der Waals surface area (Å²) in [5, 5.41) is 0. The second kappa shape index (κ2) is 12.9. The molecule has 8 heteroatoms. The summed E-state index contributed by atoms with van der Waals surface area (Å²) in [7, 11) is 1.40. The highest BCUT2D eigenvalue weighted by molar-refractivity contribution is 5.91. The number of hydrogen-bond donors (Lipinski definition) is 0. The molecule has 0 radical (unpaired) electrons. The minimum Gasteiger partial charge on any atom is -0.459 e. The zero-order valence-corrected chi connectivity index (χ0v) is 23.3. The molecule has 0 N–H and O–H groups in total. The first-order valence-electron chi connectivity index (χ1n) is 13.1. The van der Waals surface area contributed by atoms with Crippen LogP contribution in [-0.2, 0) is 23.7 Å². The van der Waals surface area contributed by atoms with Crippen molar-refractivity contribution in [3.63, 3.8) is 0 Å². The number of rotatable bonds is 8. The molecule has 3 aromatic rings. The molecule has 4 rings (SSSR count). The smallest absolute Gasteiger partial charge is 0.338 e.